The normalized spacial score (nSPS) is 17.7. The number of nitrogens with two attached hydrogens (primary N) is 1. The Morgan fingerprint density at radius 2 is 1.66 bits per heavy atom. The number of hydrogen-bond acceptors (Lipinski definition) is 5. The predicted molar refractivity (Wildman–Crippen MR) is 152 cm³/mol. The summed E-state index contributed by atoms with van der Waals surface area (Å²) >= 11 is 0. The first-order valence-electron chi connectivity index (χ1n) is 12.6. The third-order valence-corrected chi connectivity index (χ3v) is 6.90. The lowest BCUT2D eigenvalue weighted by Crippen LogP contribution is -2.40. The minimum Gasteiger partial charge on any atom is -0.397 e. The fourth-order valence-corrected chi connectivity index (χ4v) is 4.63. The van der Waals surface area contributed by atoms with Crippen LogP contribution in [0.2, 0.25) is 0 Å². The molecular weight excluding hydrogens is 474 g/mol. The molecule has 7 nitrogen and oxygen atoms in total. The second kappa shape index (κ2) is 11.3. The zero-order valence-electron chi connectivity index (χ0n) is 21.9. The highest BCUT2D eigenvalue weighted by atomic mass is 16.2. The minimum atomic E-state index is -0.261. The zero-order chi connectivity index (χ0) is 27.3. The van der Waals surface area contributed by atoms with Crippen LogP contribution in [0.1, 0.15) is 43.4 Å². The standard InChI is InChI=1S/C31H33N5O2/c1-31(2,3)36-19-25(26(20-36)30(38)34-24-15-10-22(18-32)11-16-24)23-13-8-21(9-14-23)12-17-29(37)35-28-7-5-4-6-27(28)33/h4-17,25-26H,19-20,33H2,1-3H3,(H,34,38)(H,35,37). The van der Waals surface area contributed by atoms with E-state index in [2.05, 4.69) is 42.4 Å². The Bertz CT molecular complexity index is 1370. The van der Waals surface area contributed by atoms with Gasteiger partial charge in [-0.1, -0.05) is 36.4 Å². The van der Waals surface area contributed by atoms with Gasteiger partial charge in [-0.2, -0.15) is 5.26 Å². The Morgan fingerprint density at radius 3 is 2.29 bits per heavy atom. The van der Waals surface area contributed by atoms with Gasteiger partial charge in [0.05, 0.1) is 28.9 Å². The van der Waals surface area contributed by atoms with Gasteiger partial charge in [0.15, 0.2) is 0 Å². The van der Waals surface area contributed by atoms with Crippen LogP contribution in [0.3, 0.4) is 0 Å². The third kappa shape index (κ3) is 6.47. The number of nitrogens with zero attached hydrogens (tertiary/aromatic N) is 2. The molecule has 194 valence electrons. The number of carbonyl (C=O) groups is 2. The molecule has 1 fully saturated rings. The zero-order valence-corrected chi connectivity index (χ0v) is 21.9. The third-order valence-electron chi connectivity index (χ3n) is 6.90. The second-order valence-electron chi connectivity index (χ2n) is 10.5. The van der Waals surface area contributed by atoms with E-state index in [1.54, 1.807) is 42.5 Å². The second-order valence-corrected chi connectivity index (χ2v) is 10.5. The molecule has 3 aromatic rings. The van der Waals surface area contributed by atoms with Crippen molar-refractivity contribution in [3.8, 4) is 6.07 Å². The Labute approximate surface area is 224 Å². The van der Waals surface area contributed by atoms with Gasteiger partial charge in [0.25, 0.3) is 0 Å². The minimum absolute atomic E-state index is 0.0231. The molecule has 0 saturated carbocycles. The number of nitriles is 1. The number of nitrogens with one attached hydrogen (secondary N) is 2. The number of rotatable bonds is 6. The molecule has 2 unspecified atom stereocenters. The molecule has 1 saturated heterocycles. The predicted octanol–water partition coefficient (Wildman–Crippen LogP) is 5.24. The van der Waals surface area contributed by atoms with E-state index in [0.717, 1.165) is 17.7 Å². The van der Waals surface area contributed by atoms with Crippen molar-refractivity contribution in [1.82, 2.24) is 4.90 Å². The summed E-state index contributed by atoms with van der Waals surface area (Å²) in [5.41, 5.74) is 10.1. The summed E-state index contributed by atoms with van der Waals surface area (Å²) in [7, 11) is 0. The number of hydrogen-bond donors (Lipinski definition) is 3. The van der Waals surface area contributed by atoms with Crippen LogP contribution in [0.25, 0.3) is 6.08 Å². The molecule has 38 heavy (non-hydrogen) atoms. The SMILES string of the molecule is CC(C)(C)N1CC(C(=O)Nc2ccc(C#N)cc2)C(c2ccc(C=CC(=O)Nc3ccccc3N)cc2)C1. The summed E-state index contributed by atoms with van der Waals surface area (Å²) in [6.07, 6.45) is 3.23. The molecule has 0 spiro atoms. The Kier molecular flexibility index (Phi) is 7.94. The smallest absolute Gasteiger partial charge is 0.248 e. The van der Waals surface area contributed by atoms with Crippen molar-refractivity contribution in [3.05, 3.63) is 95.6 Å². The first-order valence-corrected chi connectivity index (χ1v) is 12.6. The molecule has 3 aromatic carbocycles. The highest BCUT2D eigenvalue weighted by Gasteiger charge is 2.42. The lowest BCUT2D eigenvalue weighted by Gasteiger charge is -2.31. The van der Waals surface area contributed by atoms with Gasteiger partial charge in [-0.25, -0.2) is 0 Å². The van der Waals surface area contributed by atoms with Crippen molar-refractivity contribution in [2.45, 2.75) is 32.2 Å². The summed E-state index contributed by atoms with van der Waals surface area (Å²) < 4.78 is 0. The molecule has 2 amide bonds. The molecule has 7 heteroatoms. The molecule has 1 aliphatic heterocycles. The van der Waals surface area contributed by atoms with E-state index in [1.807, 2.05) is 36.4 Å². The van der Waals surface area contributed by atoms with Crippen LogP contribution in [-0.2, 0) is 9.59 Å². The van der Waals surface area contributed by atoms with Gasteiger partial charge < -0.3 is 16.4 Å². The number of benzene rings is 3. The maximum absolute atomic E-state index is 13.4. The number of likely N-dealkylation sites (tertiary alicyclic amines) is 1. The molecule has 2 atom stereocenters. The van der Waals surface area contributed by atoms with Crippen LogP contribution in [0.5, 0.6) is 0 Å². The van der Waals surface area contributed by atoms with Gasteiger partial charge in [-0.3, -0.25) is 14.5 Å². The van der Waals surface area contributed by atoms with Crippen molar-refractivity contribution in [3.63, 3.8) is 0 Å². The summed E-state index contributed by atoms with van der Waals surface area (Å²) in [4.78, 5) is 28.0. The molecular formula is C31H33N5O2. The van der Waals surface area contributed by atoms with Crippen molar-refractivity contribution in [2.24, 2.45) is 5.92 Å². The van der Waals surface area contributed by atoms with Gasteiger partial charge in [-0.15, -0.1) is 0 Å². The first-order chi connectivity index (χ1) is 18.1. The van der Waals surface area contributed by atoms with Crippen LogP contribution in [0.4, 0.5) is 17.1 Å². The van der Waals surface area contributed by atoms with Crippen LogP contribution < -0.4 is 16.4 Å². The van der Waals surface area contributed by atoms with Crippen molar-refractivity contribution < 1.29 is 9.59 Å². The van der Waals surface area contributed by atoms with E-state index < -0.39 is 0 Å². The van der Waals surface area contributed by atoms with Crippen molar-refractivity contribution >= 4 is 35.0 Å². The number of nitrogen functional groups attached to an aromatic ring is 1. The molecule has 1 aliphatic rings. The van der Waals surface area contributed by atoms with Crippen LogP contribution in [0.15, 0.2) is 78.9 Å². The highest BCUT2D eigenvalue weighted by molar-refractivity contribution is 6.03. The molecule has 0 aliphatic carbocycles. The van der Waals surface area contributed by atoms with E-state index in [-0.39, 0.29) is 29.2 Å². The van der Waals surface area contributed by atoms with Gasteiger partial charge >= 0.3 is 0 Å². The molecule has 4 rings (SSSR count). The number of carbonyl (C=O) groups excluding carboxylic acids is 2. The summed E-state index contributed by atoms with van der Waals surface area (Å²) in [5.74, 6) is -0.501. The van der Waals surface area contributed by atoms with Gasteiger partial charge in [0, 0.05) is 36.3 Å². The molecule has 4 N–H and O–H groups in total. The number of para-hydroxylation sites is 2. The van der Waals surface area contributed by atoms with Crippen LogP contribution in [-0.4, -0.2) is 35.3 Å². The maximum Gasteiger partial charge on any atom is 0.248 e. The van der Waals surface area contributed by atoms with E-state index >= 15 is 0 Å². The Balaban J connectivity index is 1.47. The summed E-state index contributed by atoms with van der Waals surface area (Å²) in [6.45, 7) is 7.90. The monoisotopic (exact) mass is 507 g/mol. The molecule has 1 heterocycles. The average Bonchev–Trinajstić information content (AvgIpc) is 3.36. The van der Waals surface area contributed by atoms with E-state index in [4.69, 9.17) is 11.0 Å². The van der Waals surface area contributed by atoms with E-state index in [1.165, 1.54) is 6.08 Å². The van der Waals surface area contributed by atoms with Gasteiger partial charge in [0.2, 0.25) is 11.8 Å². The summed E-state index contributed by atoms with van der Waals surface area (Å²) in [5, 5.41) is 14.8. The topological polar surface area (TPSA) is 111 Å². The Hall–Kier alpha value is -4.41. The van der Waals surface area contributed by atoms with Crippen LogP contribution in [0, 0.1) is 17.2 Å². The fraction of sp³-hybridized carbons (Fsp3) is 0.258. The van der Waals surface area contributed by atoms with Crippen molar-refractivity contribution in [2.75, 3.05) is 29.5 Å². The first kappa shape index (κ1) is 26.6. The number of anilines is 3. The van der Waals surface area contributed by atoms with Gasteiger partial charge in [-0.05, 0) is 74.4 Å². The van der Waals surface area contributed by atoms with E-state index in [0.29, 0.717) is 29.2 Å². The van der Waals surface area contributed by atoms with Gasteiger partial charge in [0.1, 0.15) is 0 Å². The quantitative estimate of drug-likeness (QED) is 0.312. The Morgan fingerprint density at radius 1 is 0.974 bits per heavy atom. The maximum atomic E-state index is 13.4. The summed E-state index contributed by atoms with van der Waals surface area (Å²) in [6, 6.07) is 24.1. The molecule has 0 radical (unpaired) electrons. The van der Waals surface area contributed by atoms with Crippen molar-refractivity contribution in [1.29, 1.82) is 5.26 Å². The number of amides is 2. The van der Waals surface area contributed by atoms with E-state index in [9.17, 15) is 9.59 Å². The molecule has 0 aromatic heterocycles. The lowest BCUT2D eigenvalue weighted by atomic mass is 9.88. The average molecular weight is 508 g/mol. The fourth-order valence-electron chi connectivity index (χ4n) is 4.63. The highest BCUT2D eigenvalue weighted by Crippen LogP contribution is 2.37. The van der Waals surface area contributed by atoms with Crippen LogP contribution >= 0.6 is 0 Å². The molecule has 0 bridgehead atoms. The lowest BCUT2D eigenvalue weighted by molar-refractivity contribution is -0.120. The largest absolute Gasteiger partial charge is 0.397 e.